The zero-order chi connectivity index (χ0) is 21.9. The van der Waals surface area contributed by atoms with Gasteiger partial charge in [-0.15, -0.1) is 11.3 Å². The van der Waals surface area contributed by atoms with E-state index < -0.39 is 23.9 Å². The first-order valence-electron chi connectivity index (χ1n) is 8.46. The number of hydrogen-bond donors (Lipinski definition) is 3. The van der Waals surface area contributed by atoms with E-state index in [2.05, 4.69) is 25.6 Å². The Morgan fingerprint density at radius 2 is 1.97 bits per heavy atom. The van der Waals surface area contributed by atoms with Crippen molar-refractivity contribution in [2.24, 2.45) is 0 Å². The van der Waals surface area contributed by atoms with Crippen LogP contribution >= 0.6 is 11.3 Å². The molecule has 12 heteroatoms. The van der Waals surface area contributed by atoms with Crippen LogP contribution in [0.15, 0.2) is 36.1 Å². The molecular formula is C18H14F3N5O3S. The fraction of sp³-hybridized carbons (Fsp3) is 0.167. The van der Waals surface area contributed by atoms with Crippen molar-refractivity contribution in [3.8, 4) is 21.7 Å². The zero-order valence-corrected chi connectivity index (χ0v) is 16.1. The molecule has 3 heterocycles. The second-order valence-corrected chi connectivity index (χ2v) is 6.72. The molecule has 0 saturated heterocycles. The van der Waals surface area contributed by atoms with Gasteiger partial charge in [0.2, 0.25) is 0 Å². The number of carbonyl (C=O) groups is 2. The van der Waals surface area contributed by atoms with Crippen LogP contribution in [0.25, 0.3) is 21.7 Å². The minimum absolute atomic E-state index is 0.0211. The molecule has 0 aliphatic carbocycles. The number of carboxylic acids is 1. The lowest BCUT2D eigenvalue weighted by atomic mass is 10.0. The smallest absolute Gasteiger partial charge is 0.434 e. The fourth-order valence-electron chi connectivity index (χ4n) is 2.52. The van der Waals surface area contributed by atoms with Crippen LogP contribution < -0.4 is 10.6 Å². The number of hydrogen-bond acceptors (Lipinski definition) is 6. The number of carbonyl (C=O) groups excluding carboxylic acids is 1. The first-order valence-corrected chi connectivity index (χ1v) is 9.34. The Morgan fingerprint density at radius 3 is 2.60 bits per heavy atom. The van der Waals surface area contributed by atoms with Crippen molar-refractivity contribution < 1.29 is 27.9 Å². The molecule has 0 aromatic carbocycles. The highest BCUT2D eigenvalue weighted by Gasteiger charge is 2.34. The van der Waals surface area contributed by atoms with Crippen LogP contribution in [-0.2, 0) is 6.18 Å². The number of anilines is 1. The summed E-state index contributed by atoms with van der Waals surface area (Å²) in [5.41, 5.74) is -0.482. The van der Waals surface area contributed by atoms with Crippen LogP contribution in [0.3, 0.4) is 0 Å². The summed E-state index contributed by atoms with van der Waals surface area (Å²) in [5, 5.41) is 15.3. The summed E-state index contributed by atoms with van der Waals surface area (Å²) in [7, 11) is 0. The molecule has 3 N–H and O–H groups in total. The van der Waals surface area contributed by atoms with Gasteiger partial charge in [-0.2, -0.15) is 13.2 Å². The van der Waals surface area contributed by atoms with Gasteiger partial charge in [0.15, 0.2) is 5.69 Å². The van der Waals surface area contributed by atoms with E-state index in [-0.39, 0.29) is 33.1 Å². The molecule has 156 valence electrons. The number of halogens is 3. The molecule has 0 saturated carbocycles. The number of carboxylic acid groups (broad SMARTS) is 1. The Hall–Kier alpha value is -3.54. The normalized spacial score (nSPS) is 11.2. The number of nitrogens with zero attached hydrogens (tertiary/aromatic N) is 3. The number of pyridine rings is 2. The molecule has 2 amide bonds. The Bertz CT molecular complexity index is 1100. The van der Waals surface area contributed by atoms with Crippen LogP contribution in [0, 0.1) is 0 Å². The largest absolute Gasteiger partial charge is 0.478 e. The molecule has 0 unspecified atom stereocenters. The van der Waals surface area contributed by atoms with E-state index in [0.29, 0.717) is 6.54 Å². The van der Waals surface area contributed by atoms with Crippen molar-refractivity contribution in [1.82, 2.24) is 20.3 Å². The van der Waals surface area contributed by atoms with Crippen molar-refractivity contribution in [2.75, 3.05) is 11.9 Å². The van der Waals surface area contributed by atoms with E-state index in [1.807, 2.05) is 0 Å². The molecule has 3 aromatic rings. The van der Waals surface area contributed by atoms with E-state index in [0.717, 1.165) is 22.9 Å². The molecule has 3 rings (SSSR count). The lowest BCUT2D eigenvalue weighted by Crippen LogP contribution is -2.29. The minimum Gasteiger partial charge on any atom is -0.478 e. The van der Waals surface area contributed by atoms with Gasteiger partial charge in [0, 0.05) is 47.2 Å². The number of alkyl halides is 3. The molecule has 0 fully saturated rings. The SMILES string of the molecule is CCNC(=O)Nc1ncc(C(=O)O)cc1-c1cnccc1-c1nc(C(F)(F)F)cs1. The molecule has 0 spiro atoms. The van der Waals surface area contributed by atoms with Gasteiger partial charge in [0.1, 0.15) is 10.8 Å². The first kappa shape index (κ1) is 21.2. The van der Waals surface area contributed by atoms with Gasteiger partial charge < -0.3 is 10.4 Å². The monoisotopic (exact) mass is 437 g/mol. The summed E-state index contributed by atoms with van der Waals surface area (Å²) in [6, 6.07) is 2.14. The summed E-state index contributed by atoms with van der Waals surface area (Å²) in [4.78, 5) is 35.0. The third kappa shape index (κ3) is 4.54. The maximum absolute atomic E-state index is 13.0. The third-order valence-corrected chi connectivity index (χ3v) is 4.72. The molecule has 0 bridgehead atoms. The standard InChI is InChI=1S/C18H14F3N5O3S/c1-2-23-17(29)26-14-11(5-9(6-24-14)16(27)28)12-7-22-4-3-10(12)15-25-13(8-30-15)18(19,20)21/h3-8H,2H2,1H3,(H,27,28)(H2,23,24,26,29). The maximum Gasteiger partial charge on any atom is 0.434 e. The van der Waals surface area contributed by atoms with Gasteiger partial charge in [-0.25, -0.2) is 19.6 Å². The zero-order valence-electron chi connectivity index (χ0n) is 15.3. The lowest BCUT2D eigenvalue weighted by molar-refractivity contribution is -0.140. The average molecular weight is 437 g/mol. The van der Waals surface area contributed by atoms with Crippen LogP contribution in [-0.4, -0.2) is 38.6 Å². The number of rotatable bonds is 5. The van der Waals surface area contributed by atoms with Crippen LogP contribution in [0.5, 0.6) is 0 Å². The Morgan fingerprint density at radius 1 is 1.20 bits per heavy atom. The van der Waals surface area contributed by atoms with Crippen molar-refractivity contribution >= 4 is 29.2 Å². The highest BCUT2D eigenvalue weighted by molar-refractivity contribution is 7.13. The summed E-state index contributed by atoms with van der Waals surface area (Å²) in [6.07, 6.45) is -0.819. The molecule has 3 aromatic heterocycles. The van der Waals surface area contributed by atoms with E-state index in [9.17, 15) is 27.9 Å². The van der Waals surface area contributed by atoms with Gasteiger partial charge in [0.25, 0.3) is 0 Å². The highest BCUT2D eigenvalue weighted by atomic mass is 32.1. The lowest BCUT2D eigenvalue weighted by Gasteiger charge is -2.13. The van der Waals surface area contributed by atoms with Gasteiger partial charge in [0.05, 0.1) is 5.56 Å². The van der Waals surface area contributed by atoms with E-state index in [1.54, 1.807) is 6.92 Å². The highest BCUT2D eigenvalue weighted by Crippen LogP contribution is 2.39. The fourth-order valence-corrected chi connectivity index (χ4v) is 3.39. The number of aromatic carboxylic acids is 1. The number of urea groups is 1. The van der Waals surface area contributed by atoms with Crippen molar-refractivity contribution in [3.63, 3.8) is 0 Å². The van der Waals surface area contributed by atoms with Crippen molar-refractivity contribution in [2.45, 2.75) is 13.1 Å². The maximum atomic E-state index is 13.0. The molecule has 8 nitrogen and oxygen atoms in total. The second-order valence-electron chi connectivity index (χ2n) is 5.87. The number of aromatic nitrogens is 3. The Kier molecular flexibility index (Phi) is 5.96. The predicted octanol–water partition coefficient (Wildman–Crippen LogP) is 4.13. The van der Waals surface area contributed by atoms with E-state index in [1.165, 1.54) is 24.5 Å². The molecule has 0 aliphatic rings. The minimum atomic E-state index is -4.60. The second kappa shape index (κ2) is 8.45. The van der Waals surface area contributed by atoms with E-state index in [4.69, 9.17) is 0 Å². The number of thiazole rings is 1. The molecule has 0 radical (unpaired) electrons. The Labute approximate surface area is 171 Å². The summed E-state index contributed by atoms with van der Waals surface area (Å²) < 4.78 is 38.9. The van der Waals surface area contributed by atoms with Gasteiger partial charge in [-0.05, 0) is 19.1 Å². The molecule has 0 atom stereocenters. The molecule has 30 heavy (non-hydrogen) atoms. The van der Waals surface area contributed by atoms with Crippen LogP contribution in [0.2, 0.25) is 0 Å². The molecule has 0 aliphatic heterocycles. The van der Waals surface area contributed by atoms with Gasteiger partial charge in [-0.1, -0.05) is 0 Å². The van der Waals surface area contributed by atoms with Crippen LogP contribution in [0.4, 0.5) is 23.8 Å². The number of nitrogens with one attached hydrogen (secondary N) is 2. The van der Waals surface area contributed by atoms with E-state index >= 15 is 0 Å². The summed E-state index contributed by atoms with van der Waals surface area (Å²) in [5.74, 6) is -1.24. The van der Waals surface area contributed by atoms with Gasteiger partial charge >= 0.3 is 18.2 Å². The number of amides is 2. The summed E-state index contributed by atoms with van der Waals surface area (Å²) >= 11 is 0.781. The predicted molar refractivity (Wildman–Crippen MR) is 103 cm³/mol. The van der Waals surface area contributed by atoms with Crippen molar-refractivity contribution in [3.05, 3.63) is 47.4 Å². The van der Waals surface area contributed by atoms with Crippen molar-refractivity contribution in [1.29, 1.82) is 0 Å². The third-order valence-electron chi connectivity index (χ3n) is 3.84. The van der Waals surface area contributed by atoms with Gasteiger partial charge in [-0.3, -0.25) is 10.3 Å². The average Bonchev–Trinajstić information content (AvgIpc) is 3.19. The summed E-state index contributed by atoms with van der Waals surface area (Å²) in [6.45, 7) is 2.05. The molecular weight excluding hydrogens is 423 g/mol. The first-order chi connectivity index (χ1) is 14.2. The Balaban J connectivity index is 2.15. The van der Waals surface area contributed by atoms with Crippen LogP contribution in [0.1, 0.15) is 23.0 Å². The quantitative estimate of drug-likeness (QED) is 0.553. The topological polar surface area (TPSA) is 117 Å².